The normalized spacial score (nSPS) is 16.7. The van der Waals surface area contributed by atoms with Crippen LogP contribution >= 0.6 is 0 Å². The average molecular weight is 348 g/mol. The van der Waals surface area contributed by atoms with Crippen LogP contribution in [0.5, 0.6) is 0 Å². The molecule has 0 saturated heterocycles. The number of rotatable bonds is 1. The van der Waals surface area contributed by atoms with Gasteiger partial charge in [0.1, 0.15) is 6.17 Å². The van der Waals surface area contributed by atoms with Crippen LogP contribution in [0.1, 0.15) is 12.5 Å². The lowest BCUT2D eigenvalue weighted by Gasteiger charge is -2.28. The Labute approximate surface area is 149 Å². The lowest BCUT2D eigenvalue weighted by molar-refractivity contribution is 0.568. The van der Waals surface area contributed by atoms with Crippen LogP contribution in [-0.2, 0) is 0 Å². The molecule has 0 radical (unpaired) electrons. The van der Waals surface area contributed by atoms with E-state index in [1.165, 1.54) is 6.07 Å². The molecule has 0 aliphatic carbocycles. The van der Waals surface area contributed by atoms with Gasteiger partial charge in [-0.3, -0.25) is 0 Å². The van der Waals surface area contributed by atoms with Crippen LogP contribution < -0.4 is 9.80 Å². The highest BCUT2D eigenvalue weighted by Crippen LogP contribution is 2.46. The van der Waals surface area contributed by atoms with Crippen LogP contribution in [0.3, 0.4) is 0 Å². The number of aryl methyl sites for hydroxylation is 1. The van der Waals surface area contributed by atoms with Crippen molar-refractivity contribution in [3.05, 3.63) is 54.1 Å². The van der Waals surface area contributed by atoms with Gasteiger partial charge >= 0.3 is 0 Å². The maximum Gasteiger partial charge on any atom is 0.230 e. The third-order valence-electron chi connectivity index (χ3n) is 5.20. The third-order valence-corrected chi connectivity index (χ3v) is 5.20. The van der Waals surface area contributed by atoms with Crippen molar-refractivity contribution in [3.8, 4) is 0 Å². The van der Waals surface area contributed by atoms with Gasteiger partial charge in [-0.1, -0.05) is 12.1 Å². The van der Waals surface area contributed by atoms with Gasteiger partial charge in [0, 0.05) is 24.0 Å². The minimum absolute atomic E-state index is 0.0714. The maximum absolute atomic E-state index is 13.6. The summed E-state index contributed by atoms with van der Waals surface area (Å²) in [6.07, 6.45) is 1.87. The van der Waals surface area contributed by atoms with Crippen LogP contribution in [0.4, 0.5) is 21.6 Å². The first-order valence-corrected chi connectivity index (χ1v) is 8.51. The zero-order chi connectivity index (χ0) is 18.0. The van der Waals surface area contributed by atoms with Gasteiger partial charge in [-0.25, -0.2) is 4.98 Å². The predicted octanol–water partition coefficient (Wildman–Crippen LogP) is 4.76. The smallest absolute Gasteiger partial charge is 0.230 e. The molecule has 26 heavy (non-hydrogen) atoms. The van der Waals surface area contributed by atoms with E-state index in [1.807, 2.05) is 19.1 Å². The Kier molecular flexibility index (Phi) is 3.01. The summed E-state index contributed by atoms with van der Waals surface area (Å²) >= 11 is 0. The van der Waals surface area contributed by atoms with Crippen LogP contribution in [0.15, 0.2) is 47.0 Å². The van der Waals surface area contributed by atoms with Crippen molar-refractivity contribution in [1.82, 2.24) is 9.97 Å². The first-order chi connectivity index (χ1) is 12.6. The zero-order valence-corrected chi connectivity index (χ0v) is 14.7. The molecule has 3 aromatic heterocycles. The van der Waals surface area contributed by atoms with Crippen LogP contribution in [0, 0.1) is 12.9 Å². The van der Waals surface area contributed by atoms with Gasteiger partial charge in [0.25, 0.3) is 0 Å². The Morgan fingerprint density at radius 1 is 1.12 bits per heavy atom. The number of nitrogens with zero attached hydrogens (tertiary/aromatic N) is 4. The molecular weight excluding hydrogens is 331 g/mol. The summed E-state index contributed by atoms with van der Waals surface area (Å²) in [5.41, 5.74) is 4.09. The van der Waals surface area contributed by atoms with Crippen LogP contribution in [-0.4, -0.2) is 23.2 Å². The molecule has 130 valence electrons. The zero-order valence-electron chi connectivity index (χ0n) is 14.7. The lowest BCUT2D eigenvalue weighted by atomic mass is 10.1. The van der Waals surface area contributed by atoms with Gasteiger partial charge in [-0.2, -0.15) is 9.37 Å². The van der Waals surface area contributed by atoms with Gasteiger partial charge in [-0.15, -0.1) is 0 Å². The summed E-state index contributed by atoms with van der Waals surface area (Å²) in [4.78, 5) is 12.9. The maximum atomic E-state index is 13.6. The quantitative estimate of drug-likeness (QED) is 0.464. The highest BCUT2D eigenvalue weighted by molar-refractivity contribution is 6.09. The minimum atomic E-state index is -0.545. The molecule has 1 aliphatic heterocycles. The number of benzene rings is 1. The number of fused-ring (bicyclic) bond motifs is 4. The van der Waals surface area contributed by atoms with E-state index in [2.05, 4.69) is 45.9 Å². The van der Waals surface area contributed by atoms with E-state index in [1.54, 1.807) is 12.3 Å². The number of hydrogen-bond donors (Lipinski definition) is 0. The molecule has 5 nitrogen and oxygen atoms in total. The fourth-order valence-electron chi connectivity index (χ4n) is 3.78. The molecule has 0 spiro atoms. The molecule has 0 N–H and O–H groups in total. The fourth-order valence-corrected chi connectivity index (χ4v) is 3.78. The Balaban J connectivity index is 1.84. The van der Waals surface area contributed by atoms with E-state index in [-0.39, 0.29) is 6.17 Å². The summed E-state index contributed by atoms with van der Waals surface area (Å²) in [5, 5.41) is 1.73. The number of pyridine rings is 2. The fraction of sp³-hybridized carbons (Fsp3) is 0.200. The summed E-state index contributed by atoms with van der Waals surface area (Å²) in [6, 6.07) is 11.1. The Bertz CT molecular complexity index is 1170. The van der Waals surface area contributed by atoms with Crippen molar-refractivity contribution in [2.24, 2.45) is 0 Å². The second-order valence-electron chi connectivity index (χ2n) is 6.66. The van der Waals surface area contributed by atoms with E-state index in [4.69, 9.17) is 4.42 Å². The number of furan rings is 1. The number of halogens is 1. The summed E-state index contributed by atoms with van der Waals surface area (Å²) in [6.45, 7) is 4.17. The highest BCUT2D eigenvalue weighted by Gasteiger charge is 2.35. The summed E-state index contributed by atoms with van der Waals surface area (Å²) in [7, 11) is 2.05. The first-order valence-electron chi connectivity index (χ1n) is 8.51. The monoisotopic (exact) mass is 348 g/mol. The predicted molar refractivity (Wildman–Crippen MR) is 100 cm³/mol. The van der Waals surface area contributed by atoms with Gasteiger partial charge in [0.2, 0.25) is 11.7 Å². The van der Waals surface area contributed by atoms with E-state index in [0.29, 0.717) is 11.3 Å². The van der Waals surface area contributed by atoms with Gasteiger partial charge in [0.05, 0.1) is 11.4 Å². The molecule has 0 fully saturated rings. The van der Waals surface area contributed by atoms with E-state index < -0.39 is 5.95 Å². The molecule has 0 unspecified atom stereocenters. The van der Waals surface area contributed by atoms with Crippen molar-refractivity contribution in [3.63, 3.8) is 0 Å². The Morgan fingerprint density at radius 2 is 1.92 bits per heavy atom. The Hall–Kier alpha value is -3.15. The standard InChI is InChI=1S/C20H17FN4O/c1-11-6-7-13-14-8-9-16(21)23-20(14)26-18(13)17(11)25-12(2)24(3)15-5-4-10-22-19(15)25/h4-10,12H,1-3H3/t12-/m0/s1. The molecule has 1 atom stereocenters. The van der Waals surface area contributed by atoms with Crippen molar-refractivity contribution >= 4 is 39.3 Å². The van der Waals surface area contributed by atoms with Crippen LogP contribution in [0.2, 0.25) is 0 Å². The lowest BCUT2D eigenvalue weighted by Crippen LogP contribution is -2.36. The van der Waals surface area contributed by atoms with Crippen LogP contribution in [0.25, 0.3) is 22.1 Å². The van der Waals surface area contributed by atoms with Crippen molar-refractivity contribution in [1.29, 1.82) is 0 Å². The molecule has 0 bridgehead atoms. The molecule has 4 aromatic rings. The molecular formula is C20H17FN4O. The molecule has 0 saturated carbocycles. The largest absolute Gasteiger partial charge is 0.435 e. The number of aromatic nitrogens is 2. The summed E-state index contributed by atoms with van der Waals surface area (Å²) < 4.78 is 19.6. The highest BCUT2D eigenvalue weighted by atomic mass is 19.1. The van der Waals surface area contributed by atoms with Crippen molar-refractivity contribution in [2.45, 2.75) is 20.0 Å². The topological polar surface area (TPSA) is 45.4 Å². The molecule has 0 amide bonds. The van der Waals surface area contributed by atoms with Crippen molar-refractivity contribution < 1.29 is 8.81 Å². The number of anilines is 3. The molecule has 4 heterocycles. The molecule has 1 aliphatic rings. The van der Waals surface area contributed by atoms with E-state index in [0.717, 1.165) is 33.5 Å². The minimum Gasteiger partial charge on any atom is -0.435 e. The molecule has 6 heteroatoms. The number of hydrogen-bond acceptors (Lipinski definition) is 5. The Morgan fingerprint density at radius 3 is 2.77 bits per heavy atom. The van der Waals surface area contributed by atoms with Gasteiger partial charge in [-0.05, 0) is 43.7 Å². The van der Waals surface area contributed by atoms with Gasteiger partial charge in [0.15, 0.2) is 11.4 Å². The average Bonchev–Trinajstić information content (AvgIpc) is 3.11. The molecule has 1 aromatic carbocycles. The second kappa shape index (κ2) is 5.17. The second-order valence-corrected chi connectivity index (χ2v) is 6.66. The summed E-state index contributed by atoms with van der Waals surface area (Å²) in [5.74, 6) is 0.341. The van der Waals surface area contributed by atoms with Crippen molar-refractivity contribution in [2.75, 3.05) is 16.8 Å². The van der Waals surface area contributed by atoms with E-state index >= 15 is 0 Å². The molecule has 5 rings (SSSR count). The van der Waals surface area contributed by atoms with Gasteiger partial charge < -0.3 is 14.2 Å². The first kappa shape index (κ1) is 15.1. The SMILES string of the molecule is Cc1ccc2c(oc3nc(F)ccc32)c1N1c2ncccc2N(C)[C@@H]1C. The third kappa shape index (κ3) is 1.89. The van der Waals surface area contributed by atoms with E-state index in [9.17, 15) is 4.39 Å².